The number of fused-ring (bicyclic) bond motifs is 1. The Labute approximate surface area is 83.3 Å². The summed E-state index contributed by atoms with van der Waals surface area (Å²) in [7, 11) is 0. The molecule has 1 heterocycles. The molecule has 3 heteroatoms. The number of nitrogens with one attached hydrogen (secondary N) is 1. The molecule has 0 atom stereocenters. The van der Waals surface area contributed by atoms with Gasteiger partial charge in [-0.15, -0.1) is 0 Å². The third-order valence-electron chi connectivity index (χ3n) is 2.45. The molecule has 3 nitrogen and oxygen atoms in total. The highest BCUT2D eigenvalue weighted by Crippen LogP contribution is 2.28. The maximum atomic E-state index is 5.93. The molecule has 3 N–H and O–H groups in total. The van der Waals surface area contributed by atoms with E-state index in [4.69, 9.17) is 5.73 Å². The number of anilines is 1. The van der Waals surface area contributed by atoms with E-state index in [2.05, 4.69) is 37.0 Å². The first kappa shape index (κ1) is 9.06. The van der Waals surface area contributed by atoms with Crippen molar-refractivity contribution in [1.29, 1.82) is 0 Å². The van der Waals surface area contributed by atoms with Gasteiger partial charge in [0.1, 0.15) is 0 Å². The summed E-state index contributed by atoms with van der Waals surface area (Å²) < 4.78 is 0. The Morgan fingerprint density at radius 2 is 2.00 bits per heavy atom. The fraction of sp³-hybridized carbons (Fsp3) is 0.364. The van der Waals surface area contributed by atoms with Gasteiger partial charge < -0.3 is 5.73 Å². The Hall–Kier alpha value is -1.51. The highest BCUT2D eigenvalue weighted by molar-refractivity contribution is 5.89. The standard InChI is InChI=1S/C11H15N3/c1-11(2,3)8-4-7-6-13-14-10(7)9(12)5-8/h4-6H,12H2,1-3H3,(H,13,14). The number of hydrogen-bond acceptors (Lipinski definition) is 2. The van der Waals surface area contributed by atoms with E-state index in [-0.39, 0.29) is 5.41 Å². The van der Waals surface area contributed by atoms with Crippen LogP contribution in [0.5, 0.6) is 0 Å². The number of aromatic nitrogens is 2. The highest BCUT2D eigenvalue weighted by atomic mass is 15.1. The van der Waals surface area contributed by atoms with Crippen molar-refractivity contribution in [3.63, 3.8) is 0 Å². The summed E-state index contributed by atoms with van der Waals surface area (Å²) in [5, 5.41) is 7.95. The van der Waals surface area contributed by atoms with Crippen LogP contribution < -0.4 is 5.73 Å². The topological polar surface area (TPSA) is 54.7 Å². The van der Waals surface area contributed by atoms with Crippen LogP contribution in [-0.4, -0.2) is 10.2 Å². The van der Waals surface area contributed by atoms with Crippen LogP contribution in [-0.2, 0) is 5.41 Å². The average Bonchev–Trinajstić information content (AvgIpc) is 2.50. The van der Waals surface area contributed by atoms with Crippen molar-refractivity contribution in [2.75, 3.05) is 5.73 Å². The molecular weight excluding hydrogens is 174 g/mol. The molecule has 0 unspecified atom stereocenters. The molecule has 0 aliphatic rings. The number of benzene rings is 1. The average molecular weight is 189 g/mol. The third-order valence-corrected chi connectivity index (χ3v) is 2.45. The molecule has 0 aliphatic heterocycles. The molecule has 0 saturated carbocycles. The molecule has 0 radical (unpaired) electrons. The zero-order chi connectivity index (χ0) is 10.3. The van der Waals surface area contributed by atoms with Gasteiger partial charge in [-0.3, -0.25) is 5.10 Å². The number of rotatable bonds is 0. The summed E-state index contributed by atoms with van der Waals surface area (Å²) in [6, 6.07) is 4.15. The van der Waals surface area contributed by atoms with Crippen LogP contribution in [0.3, 0.4) is 0 Å². The summed E-state index contributed by atoms with van der Waals surface area (Å²) in [5.74, 6) is 0. The lowest BCUT2D eigenvalue weighted by molar-refractivity contribution is 0.591. The first-order valence-corrected chi connectivity index (χ1v) is 4.71. The van der Waals surface area contributed by atoms with Gasteiger partial charge in [-0.1, -0.05) is 20.8 Å². The van der Waals surface area contributed by atoms with Gasteiger partial charge in [-0.05, 0) is 23.1 Å². The predicted octanol–water partition coefficient (Wildman–Crippen LogP) is 2.44. The summed E-state index contributed by atoms with van der Waals surface area (Å²) in [5.41, 5.74) is 8.99. The minimum Gasteiger partial charge on any atom is -0.397 e. The van der Waals surface area contributed by atoms with Gasteiger partial charge >= 0.3 is 0 Å². The van der Waals surface area contributed by atoms with E-state index in [1.54, 1.807) is 6.20 Å². The monoisotopic (exact) mass is 189 g/mol. The Bertz CT molecular complexity index is 463. The maximum Gasteiger partial charge on any atom is 0.0879 e. The summed E-state index contributed by atoms with van der Waals surface area (Å²) >= 11 is 0. The van der Waals surface area contributed by atoms with E-state index < -0.39 is 0 Å². The second kappa shape index (κ2) is 2.74. The van der Waals surface area contributed by atoms with E-state index in [9.17, 15) is 0 Å². The van der Waals surface area contributed by atoms with Gasteiger partial charge in [-0.25, -0.2) is 0 Å². The van der Waals surface area contributed by atoms with E-state index in [1.807, 2.05) is 6.07 Å². The number of nitrogen functional groups attached to an aromatic ring is 1. The number of H-pyrrole nitrogens is 1. The first-order chi connectivity index (χ1) is 6.48. The Morgan fingerprint density at radius 1 is 1.29 bits per heavy atom. The molecule has 0 spiro atoms. The van der Waals surface area contributed by atoms with Crippen molar-refractivity contribution < 1.29 is 0 Å². The van der Waals surface area contributed by atoms with E-state index in [0.717, 1.165) is 16.6 Å². The molecule has 2 rings (SSSR count). The number of nitrogens with zero attached hydrogens (tertiary/aromatic N) is 1. The molecule has 0 aliphatic carbocycles. The zero-order valence-electron chi connectivity index (χ0n) is 8.76. The van der Waals surface area contributed by atoms with Gasteiger partial charge in [0.2, 0.25) is 0 Å². The third kappa shape index (κ3) is 1.35. The van der Waals surface area contributed by atoms with Crippen LogP contribution in [0, 0.1) is 0 Å². The molecule has 2 aromatic rings. The van der Waals surface area contributed by atoms with Gasteiger partial charge in [0.25, 0.3) is 0 Å². The van der Waals surface area contributed by atoms with E-state index in [0.29, 0.717) is 0 Å². The van der Waals surface area contributed by atoms with E-state index in [1.165, 1.54) is 5.56 Å². The van der Waals surface area contributed by atoms with Crippen LogP contribution in [0.4, 0.5) is 5.69 Å². The van der Waals surface area contributed by atoms with Crippen molar-refractivity contribution in [3.05, 3.63) is 23.9 Å². The molecule has 1 aromatic heterocycles. The van der Waals surface area contributed by atoms with Gasteiger partial charge in [-0.2, -0.15) is 5.10 Å². The van der Waals surface area contributed by atoms with Gasteiger partial charge in [0.15, 0.2) is 0 Å². The minimum atomic E-state index is 0.125. The van der Waals surface area contributed by atoms with Crippen molar-refractivity contribution in [1.82, 2.24) is 10.2 Å². The van der Waals surface area contributed by atoms with Crippen molar-refractivity contribution in [2.24, 2.45) is 0 Å². The molecule has 0 amide bonds. The lowest BCUT2D eigenvalue weighted by atomic mass is 9.86. The van der Waals surface area contributed by atoms with Crippen LogP contribution in [0.1, 0.15) is 26.3 Å². The SMILES string of the molecule is CC(C)(C)c1cc(N)c2[nH]ncc2c1. The zero-order valence-corrected chi connectivity index (χ0v) is 8.76. The molecule has 14 heavy (non-hydrogen) atoms. The smallest absolute Gasteiger partial charge is 0.0879 e. The van der Waals surface area contributed by atoms with E-state index >= 15 is 0 Å². The normalized spacial score (nSPS) is 12.2. The van der Waals surface area contributed by atoms with Crippen LogP contribution in [0.15, 0.2) is 18.3 Å². The second-order valence-electron chi connectivity index (χ2n) is 4.65. The van der Waals surface area contributed by atoms with Crippen molar-refractivity contribution in [2.45, 2.75) is 26.2 Å². The molecule has 74 valence electrons. The molecule has 1 aromatic carbocycles. The summed E-state index contributed by atoms with van der Waals surface area (Å²) in [4.78, 5) is 0. The molecule has 0 bridgehead atoms. The Kier molecular flexibility index (Phi) is 1.77. The number of hydrogen-bond donors (Lipinski definition) is 2. The lowest BCUT2D eigenvalue weighted by Crippen LogP contribution is -2.11. The fourth-order valence-electron chi connectivity index (χ4n) is 1.52. The Morgan fingerprint density at radius 3 is 2.64 bits per heavy atom. The molecule has 0 saturated heterocycles. The minimum absolute atomic E-state index is 0.125. The van der Waals surface area contributed by atoms with Gasteiger partial charge in [0.05, 0.1) is 17.4 Å². The van der Waals surface area contributed by atoms with Crippen molar-refractivity contribution >= 4 is 16.6 Å². The first-order valence-electron chi connectivity index (χ1n) is 4.71. The second-order valence-corrected chi connectivity index (χ2v) is 4.65. The fourth-order valence-corrected chi connectivity index (χ4v) is 1.52. The maximum absolute atomic E-state index is 5.93. The van der Waals surface area contributed by atoms with Gasteiger partial charge in [0, 0.05) is 5.39 Å². The number of aromatic amines is 1. The van der Waals surface area contributed by atoms with Crippen molar-refractivity contribution in [3.8, 4) is 0 Å². The molecule has 0 fully saturated rings. The van der Waals surface area contributed by atoms with Crippen LogP contribution in [0.2, 0.25) is 0 Å². The summed E-state index contributed by atoms with van der Waals surface area (Å²) in [6.07, 6.45) is 1.81. The largest absolute Gasteiger partial charge is 0.397 e. The molecular formula is C11H15N3. The van der Waals surface area contributed by atoms with Crippen LogP contribution >= 0.6 is 0 Å². The van der Waals surface area contributed by atoms with Crippen LogP contribution in [0.25, 0.3) is 10.9 Å². The summed E-state index contributed by atoms with van der Waals surface area (Å²) in [6.45, 7) is 6.52. The number of nitrogens with two attached hydrogens (primary N) is 1. The predicted molar refractivity (Wildman–Crippen MR) is 59.2 cm³/mol. The quantitative estimate of drug-likeness (QED) is 0.625. The highest BCUT2D eigenvalue weighted by Gasteiger charge is 2.15. The Balaban J connectivity index is 2.70. The lowest BCUT2D eigenvalue weighted by Gasteiger charge is -2.19.